The van der Waals surface area contributed by atoms with Crippen molar-refractivity contribution in [3.8, 4) is 5.75 Å². The molecule has 22 heavy (non-hydrogen) atoms. The molecule has 5 nitrogen and oxygen atoms in total. The zero-order valence-corrected chi connectivity index (χ0v) is 12.1. The number of likely N-dealkylation sites (tertiary alicyclic amines) is 1. The summed E-state index contributed by atoms with van der Waals surface area (Å²) in [5.74, 6) is -3.60. The van der Waals surface area contributed by atoms with Gasteiger partial charge in [-0.3, -0.25) is 9.59 Å². The molecule has 1 aromatic carbocycles. The highest BCUT2D eigenvalue weighted by molar-refractivity contribution is 5.78. The molecule has 0 bridgehead atoms. The molecule has 120 valence electrons. The van der Waals surface area contributed by atoms with E-state index in [9.17, 15) is 18.4 Å². The van der Waals surface area contributed by atoms with Crippen molar-refractivity contribution in [2.75, 3.05) is 19.7 Å². The Labute approximate surface area is 126 Å². The Balaban J connectivity index is 1.89. The number of halogens is 2. The fourth-order valence-electron chi connectivity index (χ4n) is 2.56. The summed E-state index contributed by atoms with van der Waals surface area (Å²) in [7, 11) is 0. The van der Waals surface area contributed by atoms with Gasteiger partial charge < -0.3 is 14.7 Å². The largest absolute Gasteiger partial charge is 0.481 e. The molecule has 1 amide bonds. The third kappa shape index (κ3) is 3.72. The minimum Gasteiger partial charge on any atom is -0.481 e. The van der Waals surface area contributed by atoms with Crippen molar-refractivity contribution in [3.63, 3.8) is 0 Å². The minimum absolute atomic E-state index is 0.155. The molecule has 1 aromatic rings. The first-order valence-electron chi connectivity index (χ1n) is 6.97. The SMILES string of the molecule is CC1CN(C(=O)COc2ccc(F)cc2F)CCC1C(=O)O. The van der Waals surface area contributed by atoms with Gasteiger partial charge in [-0.2, -0.15) is 0 Å². The van der Waals surface area contributed by atoms with Crippen molar-refractivity contribution >= 4 is 11.9 Å². The van der Waals surface area contributed by atoms with Crippen molar-refractivity contribution in [3.05, 3.63) is 29.8 Å². The second kappa shape index (κ2) is 6.72. The van der Waals surface area contributed by atoms with Crippen LogP contribution in [0.1, 0.15) is 13.3 Å². The first-order chi connectivity index (χ1) is 10.4. The van der Waals surface area contributed by atoms with Gasteiger partial charge in [-0.25, -0.2) is 8.78 Å². The molecule has 2 unspecified atom stereocenters. The van der Waals surface area contributed by atoms with Gasteiger partial charge in [-0.05, 0) is 24.5 Å². The quantitative estimate of drug-likeness (QED) is 0.922. The molecule has 7 heteroatoms. The molecule has 1 N–H and O–H groups in total. The van der Waals surface area contributed by atoms with Crippen LogP contribution in [0.15, 0.2) is 18.2 Å². The zero-order valence-electron chi connectivity index (χ0n) is 12.1. The monoisotopic (exact) mass is 313 g/mol. The zero-order chi connectivity index (χ0) is 16.3. The smallest absolute Gasteiger partial charge is 0.306 e. The van der Waals surface area contributed by atoms with Gasteiger partial charge >= 0.3 is 5.97 Å². The summed E-state index contributed by atoms with van der Waals surface area (Å²) in [4.78, 5) is 24.6. The number of aliphatic carboxylic acids is 1. The molecule has 0 aromatic heterocycles. The normalized spacial score (nSPS) is 21.5. The Hall–Kier alpha value is -2.18. The van der Waals surface area contributed by atoms with Crippen LogP contribution < -0.4 is 4.74 Å². The summed E-state index contributed by atoms with van der Waals surface area (Å²) in [5, 5.41) is 9.04. The summed E-state index contributed by atoms with van der Waals surface area (Å²) in [6.07, 6.45) is 0.382. The highest BCUT2D eigenvalue weighted by Gasteiger charge is 2.33. The van der Waals surface area contributed by atoms with E-state index in [4.69, 9.17) is 9.84 Å². The number of hydrogen-bond acceptors (Lipinski definition) is 3. The van der Waals surface area contributed by atoms with E-state index in [1.165, 1.54) is 4.90 Å². The molecule has 0 saturated carbocycles. The van der Waals surface area contributed by atoms with Crippen molar-refractivity contribution in [1.29, 1.82) is 0 Å². The fraction of sp³-hybridized carbons (Fsp3) is 0.467. The van der Waals surface area contributed by atoms with Crippen molar-refractivity contribution < 1.29 is 28.2 Å². The van der Waals surface area contributed by atoms with Crippen LogP contribution in [0.2, 0.25) is 0 Å². The Morgan fingerprint density at radius 3 is 2.73 bits per heavy atom. The Morgan fingerprint density at radius 1 is 1.41 bits per heavy atom. The summed E-state index contributed by atoms with van der Waals surface area (Å²) >= 11 is 0. The lowest BCUT2D eigenvalue weighted by atomic mass is 9.87. The number of carbonyl (C=O) groups is 2. The fourth-order valence-corrected chi connectivity index (χ4v) is 2.56. The first-order valence-corrected chi connectivity index (χ1v) is 6.97. The van der Waals surface area contributed by atoms with Crippen LogP contribution in [0.25, 0.3) is 0 Å². The van der Waals surface area contributed by atoms with Gasteiger partial charge in [-0.15, -0.1) is 0 Å². The number of piperidine rings is 1. The van der Waals surface area contributed by atoms with Gasteiger partial charge in [0.15, 0.2) is 18.2 Å². The lowest BCUT2D eigenvalue weighted by Crippen LogP contribution is -2.46. The molecule has 0 radical (unpaired) electrons. The molecular formula is C15H17F2NO4. The number of amides is 1. The first kappa shape index (κ1) is 16.2. The summed E-state index contributed by atoms with van der Waals surface area (Å²) < 4.78 is 31.2. The summed E-state index contributed by atoms with van der Waals surface area (Å²) in [6.45, 7) is 2.06. The van der Waals surface area contributed by atoms with Gasteiger partial charge in [-0.1, -0.05) is 6.92 Å². The van der Waals surface area contributed by atoms with Crippen molar-refractivity contribution in [2.45, 2.75) is 13.3 Å². The standard InChI is InChI=1S/C15H17F2NO4/c1-9-7-18(5-4-11(9)15(20)21)14(19)8-22-13-3-2-10(16)6-12(13)17/h2-3,6,9,11H,4-5,7-8H2,1H3,(H,20,21). The van der Waals surface area contributed by atoms with Crippen LogP contribution in [0.5, 0.6) is 5.75 Å². The van der Waals surface area contributed by atoms with E-state index in [-0.39, 0.29) is 24.2 Å². The molecule has 1 aliphatic rings. The maximum Gasteiger partial charge on any atom is 0.306 e. The average molecular weight is 313 g/mol. The Morgan fingerprint density at radius 2 is 2.14 bits per heavy atom. The minimum atomic E-state index is -0.870. The van der Waals surface area contributed by atoms with E-state index < -0.39 is 23.5 Å². The maximum absolute atomic E-state index is 13.4. The highest BCUT2D eigenvalue weighted by Crippen LogP contribution is 2.24. The number of ether oxygens (including phenoxy) is 1. The number of hydrogen-bond donors (Lipinski definition) is 1. The maximum atomic E-state index is 13.4. The van der Waals surface area contributed by atoms with Crippen LogP contribution >= 0.6 is 0 Å². The molecule has 2 rings (SSSR count). The van der Waals surface area contributed by atoms with E-state index in [1.54, 1.807) is 6.92 Å². The van der Waals surface area contributed by atoms with Crippen LogP contribution in [0.3, 0.4) is 0 Å². The summed E-state index contributed by atoms with van der Waals surface area (Å²) in [6, 6.07) is 2.85. The number of carbonyl (C=O) groups excluding carboxylic acids is 1. The second-order valence-electron chi connectivity index (χ2n) is 5.41. The van der Waals surface area contributed by atoms with Crippen LogP contribution in [0.4, 0.5) is 8.78 Å². The number of carboxylic acids is 1. The van der Waals surface area contributed by atoms with Crippen LogP contribution in [-0.4, -0.2) is 41.6 Å². The third-order valence-corrected chi connectivity index (χ3v) is 3.82. The molecule has 1 aliphatic heterocycles. The second-order valence-corrected chi connectivity index (χ2v) is 5.41. The van der Waals surface area contributed by atoms with Gasteiger partial charge in [0, 0.05) is 19.2 Å². The van der Waals surface area contributed by atoms with E-state index >= 15 is 0 Å². The van der Waals surface area contributed by atoms with E-state index in [1.807, 2.05) is 0 Å². The Bertz CT molecular complexity index is 579. The number of carboxylic acid groups (broad SMARTS) is 1. The van der Waals surface area contributed by atoms with E-state index in [0.29, 0.717) is 25.6 Å². The lowest BCUT2D eigenvalue weighted by molar-refractivity contribution is -0.148. The van der Waals surface area contributed by atoms with E-state index in [0.717, 1.165) is 12.1 Å². The molecular weight excluding hydrogens is 296 g/mol. The van der Waals surface area contributed by atoms with Crippen molar-refractivity contribution in [2.24, 2.45) is 11.8 Å². The highest BCUT2D eigenvalue weighted by atomic mass is 19.1. The lowest BCUT2D eigenvalue weighted by Gasteiger charge is -2.34. The predicted molar refractivity (Wildman–Crippen MR) is 73.3 cm³/mol. The Kier molecular flexibility index (Phi) is 4.95. The number of rotatable bonds is 4. The molecule has 1 heterocycles. The predicted octanol–water partition coefficient (Wildman–Crippen LogP) is 1.91. The van der Waals surface area contributed by atoms with Crippen LogP contribution in [0, 0.1) is 23.5 Å². The topological polar surface area (TPSA) is 66.8 Å². The molecule has 2 atom stereocenters. The van der Waals surface area contributed by atoms with Gasteiger partial charge in [0.1, 0.15) is 5.82 Å². The molecule has 0 aliphatic carbocycles. The van der Waals surface area contributed by atoms with E-state index in [2.05, 4.69) is 0 Å². The molecule has 1 fully saturated rings. The third-order valence-electron chi connectivity index (χ3n) is 3.82. The average Bonchev–Trinajstić information content (AvgIpc) is 2.45. The van der Waals surface area contributed by atoms with Crippen molar-refractivity contribution in [1.82, 2.24) is 4.90 Å². The number of nitrogens with zero attached hydrogens (tertiary/aromatic N) is 1. The van der Waals surface area contributed by atoms with Gasteiger partial charge in [0.2, 0.25) is 0 Å². The molecule has 1 saturated heterocycles. The van der Waals surface area contributed by atoms with Crippen LogP contribution in [-0.2, 0) is 9.59 Å². The number of benzene rings is 1. The summed E-state index contributed by atoms with van der Waals surface area (Å²) in [5.41, 5.74) is 0. The molecule has 0 spiro atoms. The van der Waals surface area contributed by atoms with Gasteiger partial charge in [0.25, 0.3) is 5.91 Å². The van der Waals surface area contributed by atoms with Gasteiger partial charge in [0.05, 0.1) is 5.92 Å².